The van der Waals surface area contributed by atoms with Gasteiger partial charge in [0.25, 0.3) is 5.24 Å². The molecule has 0 aromatic heterocycles. The van der Waals surface area contributed by atoms with Gasteiger partial charge in [-0.1, -0.05) is 11.8 Å². The van der Waals surface area contributed by atoms with Crippen molar-refractivity contribution in [1.82, 2.24) is 10.2 Å². The lowest BCUT2D eigenvalue weighted by Gasteiger charge is -2.36. The molecule has 2 aliphatic heterocycles. The molecule has 2 heterocycles. The molecule has 1 aromatic rings. The van der Waals surface area contributed by atoms with Crippen LogP contribution in [0.2, 0.25) is 0 Å². The first kappa shape index (κ1) is 15.8. The fourth-order valence-corrected chi connectivity index (χ4v) is 3.49. The van der Waals surface area contributed by atoms with E-state index in [1.807, 2.05) is 0 Å². The lowest BCUT2D eigenvalue weighted by Crippen LogP contribution is -2.49. The molecule has 0 spiro atoms. The second-order valence-electron chi connectivity index (χ2n) is 5.43. The number of benzene rings is 1. The zero-order valence-electron chi connectivity index (χ0n) is 12.3. The zero-order chi connectivity index (χ0) is 16.4. The Kier molecular flexibility index (Phi) is 4.51. The highest BCUT2D eigenvalue weighted by Gasteiger charge is 2.34. The number of hydrogen-bond acceptors (Lipinski definition) is 5. The summed E-state index contributed by atoms with van der Waals surface area (Å²) in [6.07, 6.45) is 0.0405. The molecule has 122 valence electrons. The molecule has 0 unspecified atom stereocenters. The van der Waals surface area contributed by atoms with Crippen LogP contribution in [-0.2, 0) is 9.59 Å². The van der Waals surface area contributed by atoms with Crippen LogP contribution in [0.15, 0.2) is 24.3 Å². The fourth-order valence-electron chi connectivity index (χ4n) is 2.68. The topological polar surface area (TPSA) is 69.7 Å². The smallest absolute Gasteiger partial charge is 0.286 e. The molecule has 0 bridgehead atoms. The molecule has 0 saturated carbocycles. The predicted molar refractivity (Wildman–Crippen MR) is 84.7 cm³/mol. The number of anilines is 1. The standard InChI is InChI=1S/C15H16FN3O3S/c16-10-1-3-11(4-2-10)18-5-7-19(8-6-18)13(20)9-12-14(21)17-15(22)23-12/h1-4,12H,5-9H2,(H,17,21,22)/t12-/m1/s1. The number of nitrogens with zero attached hydrogens (tertiary/aromatic N) is 2. The van der Waals surface area contributed by atoms with Crippen molar-refractivity contribution < 1.29 is 18.8 Å². The normalized spacial score (nSPS) is 21.5. The molecule has 23 heavy (non-hydrogen) atoms. The summed E-state index contributed by atoms with van der Waals surface area (Å²) in [5.41, 5.74) is 0.926. The summed E-state index contributed by atoms with van der Waals surface area (Å²) in [6, 6.07) is 6.27. The highest BCUT2D eigenvalue weighted by molar-refractivity contribution is 8.15. The molecule has 1 aromatic carbocycles. The first-order chi connectivity index (χ1) is 11.0. The Hall–Kier alpha value is -2.09. The molecule has 2 aliphatic rings. The number of nitrogens with one attached hydrogen (secondary N) is 1. The van der Waals surface area contributed by atoms with E-state index in [0.717, 1.165) is 17.4 Å². The van der Waals surface area contributed by atoms with Crippen molar-refractivity contribution in [1.29, 1.82) is 0 Å². The minimum atomic E-state index is -0.620. The molecule has 0 radical (unpaired) electrons. The molecule has 2 fully saturated rings. The fraction of sp³-hybridized carbons (Fsp3) is 0.400. The van der Waals surface area contributed by atoms with Gasteiger partial charge in [-0.3, -0.25) is 19.7 Å². The second-order valence-corrected chi connectivity index (χ2v) is 6.61. The summed E-state index contributed by atoms with van der Waals surface area (Å²) >= 11 is 0.872. The number of imide groups is 1. The van der Waals surface area contributed by atoms with Crippen molar-refractivity contribution in [3.63, 3.8) is 0 Å². The molecule has 1 N–H and O–H groups in total. The summed E-state index contributed by atoms with van der Waals surface area (Å²) in [5, 5.41) is 1.17. The average molecular weight is 337 g/mol. The van der Waals surface area contributed by atoms with Crippen molar-refractivity contribution in [2.75, 3.05) is 31.1 Å². The maximum Gasteiger partial charge on any atom is 0.286 e. The van der Waals surface area contributed by atoms with Crippen LogP contribution in [0.1, 0.15) is 6.42 Å². The van der Waals surface area contributed by atoms with Crippen LogP contribution in [0, 0.1) is 5.82 Å². The summed E-state index contributed by atoms with van der Waals surface area (Å²) < 4.78 is 12.9. The van der Waals surface area contributed by atoms with Crippen molar-refractivity contribution in [2.24, 2.45) is 0 Å². The summed E-state index contributed by atoms with van der Waals surface area (Å²) in [6.45, 7) is 2.40. The largest absolute Gasteiger partial charge is 0.368 e. The van der Waals surface area contributed by atoms with Gasteiger partial charge in [0.15, 0.2) is 0 Å². The van der Waals surface area contributed by atoms with Crippen LogP contribution < -0.4 is 10.2 Å². The Balaban J connectivity index is 1.52. The molecular formula is C15H16FN3O3S. The number of carbonyl (C=O) groups is 3. The molecule has 6 nitrogen and oxygen atoms in total. The molecule has 0 aliphatic carbocycles. The third kappa shape index (κ3) is 3.64. The highest BCUT2D eigenvalue weighted by atomic mass is 32.2. The van der Waals surface area contributed by atoms with E-state index >= 15 is 0 Å². The van der Waals surface area contributed by atoms with Gasteiger partial charge in [0, 0.05) is 38.3 Å². The van der Waals surface area contributed by atoms with Gasteiger partial charge in [0.05, 0.1) is 0 Å². The van der Waals surface area contributed by atoms with Crippen molar-refractivity contribution in [3.8, 4) is 0 Å². The van der Waals surface area contributed by atoms with Crippen LogP contribution in [0.5, 0.6) is 0 Å². The Morgan fingerprint density at radius 3 is 2.39 bits per heavy atom. The maximum atomic E-state index is 12.9. The van der Waals surface area contributed by atoms with E-state index in [4.69, 9.17) is 0 Å². The van der Waals surface area contributed by atoms with Gasteiger partial charge in [0.2, 0.25) is 11.8 Å². The number of rotatable bonds is 3. The van der Waals surface area contributed by atoms with Crippen LogP contribution in [0.4, 0.5) is 14.9 Å². The van der Waals surface area contributed by atoms with E-state index < -0.39 is 16.4 Å². The summed E-state index contributed by atoms with van der Waals surface area (Å²) in [7, 11) is 0. The lowest BCUT2D eigenvalue weighted by atomic mass is 10.2. The Bertz CT molecular complexity index is 629. The number of hydrogen-bond donors (Lipinski definition) is 1. The Labute approximate surface area is 137 Å². The zero-order valence-corrected chi connectivity index (χ0v) is 13.1. The molecule has 8 heteroatoms. The summed E-state index contributed by atoms with van der Waals surface area (Å²) in [4.78, 5) is 38.7. The molecule has 2 saturated heterocycles. The lowest BCUT2D eigenvalue weighted by molar-refractivity contribution is -0.133. The Morgan fingerprint density at radius 1 is 1.17 bits per heavy atom. The first-order valence-electron chi connectivity index (χ1n) is 7.33. The molecule has 1 atom stereocenters. The van der Waals surface area contributed by atoms with E-state index in [-0.39, 0.29) is 18.1 Å². The van der Waals surface area contributed by atoms with Crippen molar-refractivity contribution >= 4 is 34.5 Å². The number of amides is 3. The van der Waals surface area contributed by atoms with Gasteiger partial charge in [-0.2, -0.15) is 0 Å². The third-order valence-electron chi connectivity index (χ3n) is 3.95. The van der Waals surface area contributed by atoms with E-state index in [1.165, 1.54) is 12.1 Å². The minimum Gasteiger partial charge on any atom is -0.368 e. The molecule has 3 amide bonds. The van der Waals surface area contributed by atoms with Gasteiger partial charge in [-0.25, -0.2) is 4.39 Å². The van der Waals surface area contributed by atoms with Gasteiger partial charge >= 0.3 is 0 Å². The molecule has 3 rings (SSSR count). The number of carbonyl (C=O) groups excluding carboxylic acids is 3. The third-order valence-corrected chi connectivity index (χ3v) is 4.93. The predicted octanol–water partition coefficient (Wildman–Crippen LogP) is 1.22. The highest BCUT2D eigenvalue weighted by Crippen LogP contribution is 2.23. The van der Waals surface area contributed by atoms with Gasteiger partial charge in [-0.15, -0.1) is 0 Å². The summed E-state index contributed by atoms with van der Waals surface area (Å²) in [5.74, 6) is -0.783. The van der Waals surface area contributed by atoms with Crippen LogP contribution in [-0.4, -0.2) is 53.4 Å². The van der Waals surface area contributed by atoms with E-state index in [1.54, 1.807) is 17.0 Å². The number of thioether (sulfide) groups is 1. The second kappa shape index (κ2) is 6.57. The van der Waals surface area contributed by atoms with E-state index in [0.29, 0.717) is 26.2 Å². The quantitative estimate of drug-likeness (QED) is 0.898. The SMILES string of the molecule is O=C1NC(=O)[C@@H](CC(=O)N2CCN(c3ccc(F)cc3)CC2)S1. The Morgan fingerprint density at radius 2 is 1.83 bits per heavy atom. The van der Waals surface area contributed by atoms with Crippen LogP contribution in [0.25, 0.3) is 0 Å². The minimum absolute atomic E-state index is 0.0405. The number of piperazine rings is 1. The number of halogens is 1. The van der Waals surface area contributed by atoms with E-state index in [9.17, 15) is 18.8 Å². The van der Waals surface area contributed by atoms with E-state index in [2.05, 4.69) is 10.2 Å². The van der Waals surface area contributed by atoms with Crippen molar-refractivity contribution in [2.45, 2.75) is 11.7 Å². The van der Waals surface area contributed by atoms with Crippen LogP contribution in [0.3, 0.4) is 0 Å². The molecular weight excluding hydrogens is 321 g/mol. The van der Waals surface area contributed by atoms with Gasteiger partial charge in [0.1, 0.15) is 11.1 Å². The maximum absolute atomic E-state index is 12.9. The van der Waals surface area contributed by atoms with Gasteiger partial charge in [-0.05, 0) is 24.3 Å². The van der Waals surface area contributed by atoms with Crippen molar-refractivity contribution in [3.05, 3.63) is 30.1 Å². The first-order valence-corrected chi connectivity index (χ1v) is 8.20. The monoisotopic (exact) mass is 337 g/mol. The average Bonchev–Trinajstić information content (AvgIpc) is 2.86. The van der Waals surface area contributed by atoms with Crippen LogP contribution >= 0.6 is 11.8 Å². The van der Waals surface area contributed by atoms with Gasteiger partial charge < -0.3 is 9.80 Å².